The van der Waals surface area contributed by atoms with E-state index in [-0.39, 0.29) is 5.56 Å². The molecule has 0 amide bonds. The fourth-order valence-electron chi connectivity index (χ4n) is 2.15. The molecule has 0 aliphatic carbocycles. The second-order valence-corrected chi connectivity index (χ2v) is 4.44. The van der Waals surface area contributed by atoms with Crippen LogP contribution in [0.25, 0.3) is 0 Å². The van der Waals surface area contributed by atoms with Crippen molar-refractivity contribution in [3.63, 3.8) is 0 Å². The summed E-state index contributed by atoms with van der Waals surface area (Å²) in [5.41, 5.74) is 6.72. The molecule has 1 aromatic heterocycles. The molecule has 0 bridgehead atoms. The number of halogens is 2. The molecule has 0 aliphatic rings. The van der Waals surface area contributed by atoms with E-state index < -0.39 is 17.7 Å². The van der Waals surface area contributed by atoms with Gasteiger partial charge in [-0.1, -0.05) is 19.1 Å². The molecule has 20 heavy (non-hydrogen) atoms. The molecule has 0 spiro atoms. The summed E-state index contributed by atoms with van der Waals surface area (Å²) in [6.45, 7) is 2.62. The van der Waals surface area contributed by atoms with Gasteiger partial charge in [-0.2, -0.15) is 5.10 Å². The molecule has 6 heteroatoms. The van der Waals surface area contributed by atoms with Crippen LogP contribution in [-0.4, -0.2) is 16.9 Å². The van der Waals surface area contributed by atoms with Gasteiger partial charge in [0.15, 0.2) is 17.4 Å². The molecule has 1 unspecified atom stereocenters. The second kappa shape index (κ2) is 6.00. The Bertz CT molecular complexity index is 598. The Balaban J connectivity index is 2.49. The van der Waals surface area contributed by atoms with Crippen molar-refractivity contribution >= 4 is 0 Å². The molecule has 1 heterocycles. The van der Waals surface area contributed by atoms with Gasteiger partial charge in [0.2, 0.25) is 0 Å². The topological polar surface area (TPSA) is 53.1 Å². The van der Waals surface area contributed by atoms with Gasteiger partial charge in [-0.05, 0) is 12.5 Å². The molecular formula is C14H17F2N3O. The van der Waals surface area contributed by atoms with Gasteiger partial charge in [-0.3, -0.25) is 4.68 Å². The minimum atomic E-state index is -0.939. The molecule has 2 rings (SSSR count). The second-order valence-electron chi connectivity index (χ2n) is 4.44. The summed E-state index contributed by atoms with van der Waals surface area (Å²) in [6.07, 6.45) is 2.37. The first-order valence-corrected chi connectivity index (χ1v) is 6.39. The fraction of sp³-hybridized carbons (Fsp3) is 0.357. The third-order valence-electron chi connectivity index (χ3n) is 3.11. The molecule has 2 N–H and O–H groups in total. The number of methoxy groups -OCH3 is 1. The zero-order valence-corrected chi connectivity index (χ0v) is 11.4. The van der Waals surface area contributed by atoms with E-state index in [1.54, 1.807) is 4.68 Å². The summed E-state index contributed by atoms with van der Waals surface area (Å²) in [6, 6.07) is 3.12. The molecule has 0 radical (unpaired) electrons. The summed E-state index contributed by atoms with van der Waals surface area (Å²) in [5, 5.41) is 4.17. The zero-order chi connectivity index (χ0) is 14.7. The van der Waals surface area contributed by atoms with Crippen LogP contribution in [0.5, 0.6) is 5.75 Å². The summed E-state index contributed by atoms with van der Waals surface area (Å²) >= 11 is 0. The monoisotopic (exact) mass is 281 g/mol. The minimum Gasteiger partial charge on any atom is -0.493 e. The van der Waals surface area contributed by atoms with E-state index in [0.29, 0.717) is 18.0 Å². The Labute approximate surface area is 116 Å². The predicted octanol–water partition coefficient (Wildman–Crippen LogP) is 2.63. The maximum Gasteiger partial charge on any atom is 0.163 e. The third-order valence-corrected chi connectivity index (χ3v) is 3.11. The summed E-state index contributed by atoms with van der Waals surface area (Å²) < 4.78 is 34.1. The Morgan fingerprint density at radius 3 is 2.80 bits per heavy atom. The number of nitrogens with two attached hydrogens (primary N) is 1. The number of ether oxygens (including phenoxy) is 1. The number of nitrogens with zero attached hydrogens (tertiary/aromatic N) is 2. The summed E-state index contributed by atoms with van der Waals surface area (Å²) in [5.74, 6) is -1.39. The van der Waals surface area contributed by atoms with Crippen LogP contribution >= 0.6 is 0 Å². The quantitative estimate of drug-likeness (QED) is 0.916. The van der Waals surface area contributed by atoms with Crippen LogP contribution in [0.3, 0.4) is 0 Å². The van der Waals surface area contributed by atoms with Gasteiger partial charge in [0.25, 0.3) is 0 Å². The van der Waals surface area contributed by atoms with Crippen molar-refractivity contribution in [3.8, 4) is 5.75 Å². The van der Waals surface area contributed by atoms with Crippen LogP contribution in [-0.2, 0) is 6.54 Å². The highest BCUT2D eigenvalue weighted by atomic mass is 19.2. The van der Waals surface area contributed by atoms with Crippen molar-refractivity contribution in [1.82, 2.24) is 9.78 Å². The first-order valence-electron chi connectivity index (χ1n) is 6.39. The number of rotatable bonds is 5. The van der Waals surface area contributed by atoms with E-state index in [1.165, 1.54) is 25.4 Å². The lowest BCUT2D eigenvalue weighted by molar-refractivity contribution is 0.402. The van der Waals surface area contributed by atoms with Gasteiger partial charge >= 0.3 is 0 Å². The fourth-order valence-corrected chi connectivity index (χ4v) is 2.15. The van der Waals surface area contributed by atoms with Crippen LogP contribution in [0.2, 0.25) is 0 Å². The van der Waals surface area contributed by atoms with Gasteiger partial charge in [-0.15, -0.1) is 0 Å². The predicted molar refractivity (Wildman–Crippen MR) is 71.5 cm³/mol. The van der Waals surface area contributed by atoms with E-state index in [1.807, 2.05) is 6.92 Å². The van der Waals surface area contributed by atoms with Crippen LogP contribution in [0.15, 0.2) is 24.4 Å². The maximum atomic E-state index is 13.9. The minimum absolute atomic E-state index is 0.0844. The average Bonchev–Trinajstić information content (AvgIpc) is 2.84. The van der Waals surface area contributed by atoms with Crippen molar-refractivity contribution in [2.45, 2.75) is 25.9 Å². The number of aryl methyl sites for hydroxylation is 1. The largest absolute Gasteiger partial charge is 0.493 e. The van der Waals surface area contributed by atoms with Crippen LogP contribution in [0, 0.1) is 11.6 Å². The Hall–Kier alpha value is -1.95. The molecular weight excluding hydrogens is 264 g/mol. The summed E-state index contributed by atoms with van der Waals surface area (Å²) in [4.78, 5) is 0. The van der Waals surface area contributed by atoms with E-state index >= 15 is 0 Å². The highest BCUT2D eigenvalue weighted by molar-refractivity contribution is 5.36. The lowest BCUT2D eigenvalue weighted by atomic mass is 10.0. The van der Waals surface area contributed by atoms with Gasteiger partial charge in [0.05, 0.1) is 19.3 Å². The molecule has 4 nitrogen and oxygen atoms in total. The molecule has 0 saturated carbocycles. The van der Waals surface area contributed by atoms with Crippen molar-refractivity contribution < 1.29 is 13.5 Å². The lowest BCUT2D eigenvalue weighted by Crippen LogP contribution is -2.20. The Morgan fingerprint density at radius 1 is 1.40 bits per heavy atom. The highest BCUT2D eigenvalue weighted by Crippen LogP contribution is 2.30. The smallest absolute Gasteiger partial charge is 0.163 e. The SMILES string of the molecule is CCCn1ncc(OC)c1C(N)c1cccc(F)c1F. The van der Waals surface area contributed by atoms with Crippen LogP contribution in [0.1, 0.15) is 30.6 Å². The Kier molecular flexibility index (Phi) is 4.34. The highest BCUT2D eigenvalue weighted by Gasteiger charge is 2.23. The van der Waals surface area contributed by atoms with Gasteiger partial charge in [0, 0.05) is 12.1 Å². The Morgan fingerprint density at radius 2 is 2.15 bits per heavy atom. The van der Waals surface area contributed by atoms with Crippen molar-refractivity contribution in [3.05, 3.63) is 47.3 Å². The van der Waals surface area contributed by atoms with Crippen molar-refractivity contribution in [1.29, 1.82) is 0 Å². The first kappa shape index (κ1) is 14.5. The first-order chi connectivity index (χ1) is 9.60. The average molecular weight is 281 g/mol. The van der Waals surface area contributed by atoms with Gasteiger partial charge in [0.1, 0.15) is 5.69 Å². The van der Waals surface area contributed by atoms with E-state index in [9.17, 15) is 8.78 Å². The van der Waals surface area contributed by atoms with Crippen LogP contribution in [0.4, 0.5) is 8.78 Å². The third kappa shape index (κ3) is 2.51. The van der Waals surface area contributed by atoms with Crippen LogP contribution < -0.4 is 10.5 Å². The maximum absolute atomic E-state index is 13.9. The number of aromatic nitrogens is 2. The molecule has 0 aliphatic heterocycles. The van der Waals surface area contributed by atoms with E-state index in [0.717, 1.165) is 12.5 Å². The summed E-state index contributed by atoms with van der Waals surface area (Å²) in [7, 11) is 1.49. The van der Waals surface area contributed by atoms with Crippen molar-refractivity contribution in [2.24, 2.45) is 5.73 Å². The normalized spacial score (nSPS) is 12.4. The van der Waals surface area contributed by atoms with Crippen molar-refractivity contribution in [2.75, 3.05) is 7.11 Å². The molecule has 2 aromatic rings. The number of benzene rings is 1. The lowest BCUT2D eigenvalue weighted by Gasteiger charge is -2.16. The molecule has 0 fully saturated rings. The van der Waals surface area contributed by atoms with Gasteiger partial charge < -0.3 is 10.5 Å². The number of hydrogen-bond donors (Lipinski definition) is 1. The molecule has 108 valence electrons. The van der Waals surface area contributed by atoms with E-state index in [2.05, 4.69) is 5.10 Å². The molecule has 1 aromatic carbocycles. The van der Waals surface area contributed by atoms with Gasteiger partial charge in [-0.25, -0.2) is 8.78 Å². The molecule has 1 atom stereocenters. The molecule has 0 saturated heterocycles. The van der Waals surface area contributed by atoms with E-state index in [4.69, 9.17) is 10.5 Å². The number of hydrogen-bond acceptors (Lipinski definition) is 3. The zero-order valence-electron chi connectivity index (χ0n) is 11.4. The standard InChI is InChI=1S/C14H17F2N3O/c1-3-7-19-14(11(20-2)8-18-19)13(17)9-5-4-6-10(15)12(9)16/h4-6,8,13H,3,7,17H2,1-2H3.